The number of alkyl halides is 7. The molecule has 0 atom stereocenters. The molecule has 0 aliphatic heterocycles. The van der Waals surface area contributed by atoms with Crippen molar-refractivity contribution in [2.24, 2.45) is 0 Å². The van der Waals surface area contributed by atoms with Crippen LogP contribution in [-0.2, 0) is 10.2 Å². The molecule has 0 aliphatic rings. The maximum Gasteiger partial charge on any atom is 0.460 e. The lowest BCUT2D eigenvalue weighted by Crippen LogP contribution is -2.55. The normalized spacial score (nSPS) is 13.8. The van der Waals surface area contributed by atoms with Gasteiger partial charge in [-0.25, -0.2) is 0 Å². The molecule has 0 bridgehead atoms. The summed E-state index contributed by atoms with van der Waals surface area (Å²) in [4.78, 5) is 23.2. The van der Waals surface area contributed by atoms with E-state index in [1.807, 2.05) is 31.6 Å². The second kappa shape index (κ2) is 8.03. The highest BCUT2D eigenvalue weighted by atomic mass is 19.4. The van der Waals surface area contributed by atoms with Gasteiger partial charge in [-0.2, -0.15) is 30.7 Å². The third-order valence-electron chi connectivity index (χ3n) is 3.79. The number of hydrogen-bond acceptors (Lipinski definition) is 3. The van der Waals surface area contributed by atoms with E-state index >= 15 is 0 Å². The lowest BCUT2D eigenvalue weighted by atomic mass is 9.87. The van der Waals surface area contributed by atoms with Crippen molar-refractivity contribution in [1.82, 2.24) is 10.9 Å². The summed E-state index contributed by atoms with van der Waals surface area (Å²) in [5, 5.41) is 0. The van der Waals surface area contributed by atoms with Crippen molar-refractivity contribution in [3.63, 3.8) is 0 Å². The Labute approximate surface area is 162 Å². The van der Waals surface area contributed by atoms with E-state index in [2.05, 4.69) is 0 Å². The first-order valence-corrected chi connectivity index (χ1v) is 8.13. The standard InChI is InChI=1S/C18H19F7N2O2/c1-10(9-13(28)16(19,20)17(21,22)18(23,24)25)26-27-14(29)11-5-7-12(8-6-11)15(2,3)4/h5-9,26H,1-4H3,(H,27,29)/b10-9+. The highest BCUT2D eigenvalue weighted by Crippen LogP contribution is 2.47. The van der Waals surface area contributed by atoms with Crippen LogP contribution in [0.5, 0.6) is 0 Å². The van der Waals surface area contributed by atoms with E-state index in [1.54, 1.807) is 12.1 Å². The first-order valence-electron chi connectivity index (χ1n) is 8.13. The van der Waals surface area contributed by atoms with Gasteiger partial charge in [0.05, 0.1) is 0 Å². The number of carbonyl (C=O) groups excluding carboxylic acids is 2. The number of hydrazine groups is 1. The van der Waals surface area contributed by atoms with Gasteiger partial charge in [-0.3, -0.25) is 15.0 Å². The Morgan fingerprint density at radius 2 is 1.34 bits per heavy atom. The smallest absolute Gasteiger partial charge is 0.303 e. The maximum atomic E-state index is 13.3. The molecule has 1 amide bonds. The number of carbonyl (C=O) groups is 2. The number of ketones is 1. The molecule has 4 nitrogen and oxygen atoms in total. The van der Waals surface area contributed by atoms with E-state index in [0.717, 1.165) is 12.5 Å². The van der Waals surface area contributed by atoms with Crippen LogP contribution in [0, 0.1) is 0 Å². The topological polar surface area (TPSA) is 58.2 Å². The monoisotopic (exact) mass is 428 g/mol. The number of rotatable bonds is 6. The average molecular weight is 428 g/mol. The fourth-order valence-corrected chi connectivity index (χ4v) is 2.01. The van der Waals surface area contributed by atoms with Gasteiger partial charge in [-0.15, -0.1) is 0 Å². The number of halogens is 7. The lowest BCUT2D eigenvalue weighted by Gasteiger charge is -2.26. The minimum absolute atomic E-state index is 0.150. The van der Waals surface area contributed by atoms with E-state index in [4.69, 9.17) is 0 Å². The van der Waals surface area contributed by atoms with Gasteiger partial charge in [-0.1, -0.05) is 32.9 Å². The SMILES string of the molecule is C/C(=C\C(=O)C(F)(F)C(F)(F)C(F)(F)F)NNC(=O)c1ccc(C(C)(C)C)cc1. The number of allylic oxidation sites excluding steroid dienone is 2. The molecular weight excluding hydrogens is 409 g/mol. The molecule has 0 saturated carbocycles. The van der Waals surface area contributed by atoms with Gasteiger partial charge in [0.15, 0.2) is 0 Å². The number of benzene rings is 1. The average Bonchev–Trinajstić information content (AvgIpc) is 2.57. The fourth-order valence-electron chi connectivity index (χ4n) is 2.01. The van der Waals surface area contributed by atoms with Gasteiger partial charge in [0.2, 0.25) is 5.78 Å². The maximum absolute atomic E-state index is 13.3. The van der Waals surface area contributed by atoms with Crippen LogP contribution >= 0.6 is 0 Å². The molecule has 162 valence electrons. The number of amides is 1. The van der Waals surface area contributed by atoms with Crippen molar-refractivity contribution in [3.8, 4) is 0 Å². The van der Waals surface area contributed by atoms with Gasteiger partial charge >= 0.3 is 18.0 Å². The summed E-state index contributed by atoms with van der Waals surface area (Å²) in [5.41, 5.74) is 4.35. The third kappa shape index (κ3) is 5.48. The summed E-state index contributed by atoms with van der Waals surface area (Å²) in [5.74, 6) is -16.1. The summed E-state index contributed by atoms with van der Waals surface area (Å²) >= 11 is 0. The van der Waals surface area contributed by atoms with Gasteiger partial charge in [0, 0.05) is 17.3 Å². The summed E-state index contributed by atoms with van der Waals surface area (Å²) in [6.07, 6.45) is -6.77. The number of hydrogen-bond donors (Lipinski definition) is 2. The van der Waals surface area contributed by atoms with E-state index in [0.29, 0.717) is 0 Å². The Hall–Kier alpha value is -2.59. The Morgan fingerprint density at radius 3 is 1.76 bits per heavy atom. The first kappa shape index (κ1) is 24.4. The van der Waals surface area contributed by atoms with Gasteiger partial charge in [-0.05, 0) is 30.0 Å². The second-order valence-electron chi connectivity index (χ2n) is 7.24. The van der Waals surface area contributed by atoms with Crippen LogP contribution in [0.1, 0.15) is 43.6 Å². The Kier molecular flexibility index (Phi) is 6.77. The van der Waals surface area contributed by atoms with Crippen molar-refractivity contribution in [2.75, 3.05) is 0 Å². The van der Waals surface area contributed by atoms with E-state index in [1.165, 1.54) is 12.1 Å². The minimum Gasteiger partial charge on any atom is -0.303 e. The molecule has 11 heteroatoms. The largest absolute Gasteiger partial charge is 0.460 e. The molecule has 0 radical (unpaired) electrons. The molecule has 0 heterocycles. The second-order valence-corrected chi connectivity index (χ2v) is 7.24. The van der Waals surface area contributed by atoms with Crippen molar-refractivity contribution in [2.45, 2.75) is 51.1 Å². The third-order valence-corrected chi connectivity index (χ3v) is 3.79. The molecule has 0 aromatic heterocycles. The predicted octanol–water partition coefficient (Wildman–Crippen LogP) is 4.52. The molecule has 0 fully saturated rings. The highest BCUT2D eigenvalue weighted by molar-refractivity contribution is 5.97. The van der Waals surface area contributed by atoms with Crippen LogP contribution < -0.4 is 10.9 Å². The minimum atomic E-state index is -6.62. The van der Waals surface area contributed by atoms with Gasteiger partial charge in [0.1, 0.15) is 0 Å². The van der Waals surface area contributed by atoms with Crippen LogP contribution in [0.4, 0.5) is 30.7 Å². The van der Waals surface area contributed by atoms with Crippen LogP contribution in [0.15, 0.2) is 36.0 Å². The molecule has 0 aliphatic carbocycles. The van der Waals surface area contributed by atoms with Gasteiger partial charge in [0.25, 0.3) is 5.91 Å². The van der Waals surface area contributed by atoms with Crippen molar-refractivity contribution in [3.05, 3.63) is 47.2 Å². The van der Waals surface area contributed by atoms with E-state index < -0.39 is 35.4 Å². The van der Waals surface area contributed by atoms with Crippen molar-refractivity contribution < 1.29 is 40.3 Å². The molecule has 0 spiro atoms. The Bertz CT molecular complexity index is 792. The molecule has 1 aromatic rings. The molecule has 29 heavy (non-hydrogen) atoms. The van der Waals surface area contributed by atoms with Crippen LogP contribution in [0.25, 0.3) is 0 Å². The molecule has 2 N–H and O–H groups in total. The van der Waals surface area contributed by atoms with E-state index in [-0.39, 0.29) is 17.1 Å². The Balaban J connectivity index is 2.83. The predicted molar refractivity (Wildman–Crippen MR) is 90.5 cm³/mol. The highest BCUT2D eigenvalue weighted by Gasteiger charge is 2.75. The molecule has 1 rings (SSSR count). The molecule has 1 aromatic carbocycles. The van der Waals surface area contributed by atoms with Crippen LogP contribution in [-0.4, -0.2) is 29.7 Å². The van der Waals surface area contributed by atoms with Gasteiger partial charge < -0.3 is 5.43 Å². The molecule has 0 saturated heterocycles. The zero-order valence-electron chi connectivity index (χ0n) is 15.8. The number of nitrogens with one attached hydrogen (secondary N) is 2. The van der Waals surface area contributed by atoms with Crippen LogP contribution in [0.2, 0.25) is 0 Å². The first-order chi connectivity index (χ1) is 12.9. The van der Waals surface area contributed by atoms with Crippen molar-refractivity contribution >= 4 is 11.7 Å². The molecule has 0 unspecified atom stereocenters. The summed E-state index contributed by atoms with van der Waals surface area (Å²) < 4.78 is 88.5. The lowest BCUT2D eigenvalue weighted by molar-refractivity contribution is -0.342. The van der Waals surface area contributed by atoms with Crippen LogP contribution in [0.3, 0.4) is 0 Å². The zero-order valence-corrected chi connectivity index (χ0v) is 15.8. The van der Waals surface area contributed by atoms with Crippen molar-refractivity contribution in [1.29, 1.82) is 0 Å². The fraction of sp³-hybridized carbons (Fsp3) is 0.444. The quantitative estimate of drug-likeness (QED) is 0.398. The molecular formula is C18H19F7N2O2. The zero-order chi connectivity index (χ0) is 22.8. The summed E-state index contributed by atoms with van der Waals surface area (Å²) in [6.45, 7) is 6.77. The van der Waals surface area contributed by atoms with E-state index in [9.17, 15) is 40.3 Å². The summed E-state index contributed by atoms with van der Waals surface area (Å²) in [7, 11) is 0. The summed E-state index contributed by atoms with van der Waals surface area (Å²) in [6, 6.07) is 6.31. The Morgan fingerprint density at radius 1 is 0.862 bits per heavy atom.